The zero-order valence-corrected chi connectivity index (χ0v) is 12.1. The summed E-state index contributed by atoms with van der Waals surface area (Å²) in [5, 5.41) is 7.39. The van der Waals surface area contributed by atoms with E-state index < -0.39 is 0 Å². The normalized spacial score (nSPS) is 23.1. The first kappa shape index (κ1) is 12.9. The molecule has 2 heterocycles. The molecule has 1 amide bonds. The molecular weight excluding hydrogens is 260 g/mol. The Bertz CT molecular complexity index is 473. The van der Waals surface area contributed by atoms with Crippen molar-refractivity contribution in [3.63, 3.8) is 0 Å². The quantitative estimate of drug-likeness (QED) is 0.869. The molecule has 0 bridgehead atoms. The molecule has 2 aliphatic rings. The summed E-state index contributed by atoms with van der Waals surface area (Å²) in [5.41, 5.74) is 1.22. The standard InChI is InChI=1S/C13H20N4OS/c1-2-14-9-4-3-5-10-12(9)16-13(19-10)17-7-6-15-11(18)8-17/h9,14H,2-8H2,1H3,(H,15,18). The van der Waals surface area contributed by atoms with Gasteiger partial charge in [0.1, 0.15) is 0 Å². The van der Waals surface area contributed by atoms with Crippen LogP contribution in [0, 0.1) is 0 Å². The molecule has 1 aromatic heterocycles. The number of nitrogens with zero attached hydrogens (tertiary/aromatic N) is 2. The van der Waals surface area contributed by atoms with Gasteiger partial charge in [-0.1, -0.05) is 6.92 Å². The van der Waals surface area contributed by atoms with E-state index in [1.165, 1.54) is 23.4 Å². The lowest BCUT2D eigenvalue weighted by Crippen LogP contribution is -2.47. The van der Waals surface area contributed by atoms with Crippen LogP contribution in [0.15, 0.2) is 0 Å². The molecule has 104 valence electrons. The summed E-state index contributed by atoms with van der Waals surface area (Å²) in [7, 11) is 0. The Morgan fingerprint density at radius 3 is 3.26 bits per heavy atom. The Labute approximate surface area is 117 Å². The Balaban J connectivity index is 1.82. The van der Waals surface area contributed by atoms with Gasteiger partial charge < -0.3 is 15.5 Å². The van der Waals surface area contributed by atoms with Crippen LogP contribution in [0.4, 0.5) is 5.13 Å². The summed E-state index contributed by atoms with van der Waals surface area (Å²) in [4.78, 5) is 19.8. The fourth-order valence-corrected chi connectivity index (χ4v) is 3.98. The van der Waals surface area contributed by atoms with E-state index in [1.54, 1.807) is 11.3 Å². The minimum absolute atomic E-state index is 0.0997. The van der Waals surface area contributed by atoms with E-state index >= 15 is 0 Å². The molecule has 0 aromatic carbocycles. The van der Waals surface area contributed by atoms with Crippen molar-refractivity contribution in [1.29, 1.82) is 0 Å². The molecule has 1 fully saturated rings. The number of rotatable bonds is 3. The van der Waals surface area contributed by atoms with Crippen molar-refractivity contribution in [3.8, 4) is 0 Å². The Kier molecular flexibility index (Phi) is 3.70. The highest BCUT2D eigenvalue weighted by molar-refractivity contribution is 7.15. The molecule has 5 nitrogen and oxygen atoms in total. The van der Waals surface area contributed by atoms with Gasteiger partial charge in [0.15, 0.2) is 5.13 Å². The molecule has 1 aliphatic carbocycles. The number of carbonyl (C=O) groups is 1. The molecule has 1 atom stereocenters. The number of anilines is 1. The summed E-state index contributed by atoms with van der Waals surface area (Å²) in [6, 6.07) is 0.400. The van der Waals surface area contributed by atoms with Crippen LogP contribution in [0.5, 0.6) is 0 Å². The number of nitrogens with one attached hydrogen (secondary N) is 2. The van der Waals surface area contributed by atoms with Gasteiger partial charge in [-0.3, -0.25) is 4.79 Å². The largest absolute Gasteiger partial charge is 0.353 e. The van der Waals surface area contributed by atoms with Crippen molar-refractivity contribution in [1.82, 2.24) is 15.6 Å². The van der Waals surface area contributed by atoms with Gasteiger partial charge in [0.25, 0.3) is 0 Å². The van der Waals surface area contributed by atoms with Gasteiger partial charge in [-0.05, 0) is 25.8 Å². The molecule has 3 rings (SSSR count). The van der Waals surface area contributed by atoms with Crippen LogP contribution in [0.2, 0.25) is 0 Å². The van der Waals surface area contributed by atoms with Gasteiger partial charge in [0.05, 0.1) is 18.3 Å². The molecule has 1 unspecified atom stereocenters. The van der Waals surface area contributed by atoms with E-state index in [1.807, 2.05) is 0 Å². The maximum atomic E-state index is 11.5. The van der Waals surface area contributed by atoms with Gasteiger partial charge in [-0.15, -0.1) is 11.3 Å². The van der Waals surface area contributed by atoms with Crippen molar-refractivity contribution in [2.24, 2.45) is 0 Å². The highest BCUT2D eigenvalue weighted by Crippen LogP contribution is 2.36. The smallest absolute Gasteiger partial charge is 0.239 e. The van der Waals surface area contributed by atoms with Crippen LogP contribution in [0.25, 0.3) is 0 Å². The molecule has 0 radical (unpaired) electrons. The predicted octanol–water partition coefficient (Wildman–Crippen LogP) is 1.07. The van der Waals surface area contributed by atoms with Crippen molar-refractivity contribution < 1.29 is 4.79 Å². The van der Waals surface area contributed by atoms with E-state index in [4.69, 9.17) is 4.98 Å². The van der Waals surface area contributed by atoms with E-state index in [0.717, 1.165) is 31.2 Å². The first-order valence-electron chi connectivity index (χ1n) is 7.02. The van der Waals surface area contributed by atoms with Crippen molar-refractivity contribution >= 4 is 22.4 Å². The SMILES string of the molecule is CCNC1CCCc2sc(N3CCNC(=O)C3)nc21. The molecule has 0 spiro atoms. The summed E-state index contributed by atoms with van der Waals surface area (Å²) in [6.07, 6.45) is 3.53. The first-order chi connectivity index (χ1) is 9.28. The van der Waals surface area contributed by atoms with Crippen LogP contribution in [-0.4, -0.2) is 37.1 Å². The number of piperazine rings is 1. The van der Waals surface area contributed by atoms with Gasteiger partial charge >= 0.3 is 0 Å². The molecule has 0 saturated carbocycles. The number of aromatic nitrogens is 1. The lowest BCUT2D eigenvalue weighted by Gasteiger charge is -2.26. The van der Waals surface area contributed by atoms with E-state index in [-0.39, 0.29) is 5.91 Å². The first-order valence-corrected chi connectivity index (χ1v) is 7.84. The van der Waals surface area contributed by atoms with Crippen LogP contribution in [0.3, 0.4) is 0 Å². The number of amides is 1. The Morgan fingerprint density at radius 1 is 1.58 bits per heavy atom. The number of thiazole rings is 1. The van der Waals surface area contributed by atoms with Gasteiger partial charge in [-0.2, -0.15) is 0 Å². The fourth-order valence-electron chi connectivity index (χ4n) is 2.79. The zero-order valence-electron chi connectivity index (χ0n) is 11.2. The number of hydrogen-bond acceptors (Lipinski definition) is 5. The van der Waals surface area contributed by atoms with Crippen LogP contribution in [0.1, 0.15) is 36.4 Å². The second-order valence-electron chi connectivity index (χ2n) is 5.08. The maximum Gasteiger partial charge on any atom is 0.239 e. The van der Waals surface area contributed by atoms with Crippen LogP contribution < -0.4 is 15.5 Å². The van der Waals surface area contributed by atoms with E-state index in [2.05, 4.69) is 22.5 Å². The number of hydrogen-bond donors (Lipinski definition) is 2. The molecule has 1 aromatic rings. The monoisotopic (exact) mass is 280 g/mol. The van der Waals surface area contributed by atoms with Crippen molar-refractivity contribution in [2.75, 3.05) is 31.1 Å². The Morgan fingerprint density at radius 2 is 2.47 bits per heavy atom. The number of fused-ring (bicyclic) bond motifs is 1. The maximum absolute atomic E-state index is 11.5. The second-order valence-corrected chi connectivity index (χ2v) is 6.14. The lowest BCUT2D eigenvalue weighted by molar-refractivity contribution is -0.120. The Hall–Kier alpha value is -1.14. The second kappa shape index (κ2) is 5.46. The molecule has 1 saturated heterocycles. The lowest BCUT2D eigenvalue weighted by atomic mass is 9.98. The average molecular weight is 280 g/mol. The van der Waals surface area contributed by atoms with Gasteiger partial charge in [0, 0.05) is 18.0 Å². The van der Waals surface area contributed by atoms with Crippen LogP contribution in [-0.2, 0) is 11.2 Å². The van der Waals surface area contributed by atoms with Gasteiger partial charge in [0.2, 0.25) is 5.91 Å². The van der Waals surface area contributed by atoms with E-state index in [0.29, 0.717) is 12.6 Å². The molecule has 6 heteroatoms. The summed E-state index contributed by atoms with van der Waals surface area (Å²) >= 11 is 1.77. The minimum atomic E-state index is 0.0997. The van der Waals surface area contributed by atoms with Crippen molar-refractivity contribution in [3.05, 3.63) is 10.6 Å². The highest BCUT2D eigenvalue weighted by atomic mass is 32.1. The third-order valence-corrected chi connectivity index (χ3v) is 4.89. The summed E-state index contributed by atoms with van der Waals surface area (Å²) in [5.74, 6) is 0.0997. The summed E-state index contributed by atoms with van der Waals surface area (Å²) in [6.45, 7) is 5.14. The molecule has 2 N–H and O–H groups in total. The number of carbonyl (C=O) groups excluding carboxylic acids is 1. The van der Waals surface area contributed by atoms with E-state index in [9.17, 15) is 4.79 Å². The third-order valence-electron chi connectivity index (χ3n) is 3.70. The third kappa shape index (κ3) is 2.60. The highest BCUT2D eigenvalue weighted by Gasteiger charge is 2.27. The number of aryl methyl sites for hydroxylation is 1. The topological polar surface area (TPSA) is 57.3 Å². The molecular formula is C13H20N4OS. The minimum Gasteiger partial charge on any atom is -0.353 e. The fraction of sp³-hybridized carbons (Fsp3) is 0.692. The average Bonchev–Trinajstić information content (AvgIpc) is 2.84. The summed E-state index contributed by atoms with van der Waals surface area (Å²) < 4.78 is 0. The molecule has 1 aliphatic heterocycles. The molecule has 19 heavy (non-hydrogen) atoms. The van der Waals surface area contributed by atoms with Gasteiger partial charge in [-0.25, -0.2) is 4.98 Å². The predicted molar refractivity (Wildman–Crippen MR) is 76.7 cm³/mol. The zero-order chi connectivity index (χ0) is 13.2. The van der Waals surface area contributed by atoms with Crippen LogP contribution >= 0.6 is 11.3 Å². The van der Waals surface area contributed by atoms with Crippen molar-refractivity contribution in [2.45, 2.75) is 32.2 Å².